The van der Waals surface area contributed by atoms with Gasteiger partial charge in [0.25, 0.3) is 0 Å². The molecule has 0 atom stereocenters. The van der Waals surface area contributed by atoms with Crippen LogP contribution in [-0.2, 0) is 0 Å². The van der Waals surface area contributed by atoms with Crippen LogP contribution in [0.3, 0.4) is 0 Å². The van der Waals surface area contributed by atoms with Gasteiger partial charge in [-0.1, -0.05) is 25.7 Å². The van der Waals surface area contributed by atoms with Crippen LogP contribution in [0.15, 0.2) is 30.5 Å². The minimum Gasteiger partial charge on any atom is -0.314 e. The van der Waals surface area contributed by atoms with Crippen LogP contribution >= 0.6 is 0 Å². The van der Waals surface area contributed by atoms with Gasteiger partial charge in [-0.05, 0) is 12.6 Å². The van der Waals surface area contributed by atoms with Crippen molar-refractivity contribution in [3.05, 3.63) is 30.5 Å². The molecule has 0 spiro atoms. The highest BCUT2D eigenvalue weighted by atomic mass is 14.8. The highest BCUT2D eigenvalue weighted by molar-refractivity contribution is 4.87. The van der Waals surface area contributed by atoms with E-state index in [2.05, 4.69) is 42.0 Å². The first kappa shape index (κ1) is 11.2. The summed E-state index contributed by atoms with van der Waals surface area (Å²) in [5.74, 6) is 0. The van der Waals surface area contributed by atoms with E-state index >= 15 is 0 Å². The molecule has 0 aliphatic rings. The van der Waals surface area contributed by atoms with Crippen molar-refractivity contribution in [2.45, 2.75) is 6.92 Å². The van der Waals surface area contributed by atoms with Crippen molar-refractivity contribution in [2.24, 2.45) is 0 Å². The molecule has 2 heteroatoms. The third kappa shape index (κ3) is 9.18. The Labute approximate surface area is 75.1 Å². The van der Waals surface area contributed by atoms with Crippen LogP contribution in [0.1, 0.15) is 6.92 Å². The highest BCUT2D eigenvalue weighted by Gasteiger charge is 1.76. The Balaban J connectivity index is 3.07. The molecular formula is C10H18N2. The normalized spacial score (nSPS) is 10.1. The summed E-state index contributed by atoms with van der Waals surface area (Å²) in [4.78, 5) is 0. The SMILES string of the molecule is C=C=CCNC/C=C/CNCC. The molecule has 0 aromatic rings. The van der Waals surface area contributed by atoms with Crippen molar-refractivity contribution >= 4 is 0 Å². The van der Waals surface area contributed by atoms with Gasteiger partial charge >= 0.3 is 0 Å². The second-order valence-electron chi connectivity index (χ2n) is 2.35. The maximum absolute atomic E-state index is 3.47. The Morgan fingerprint density at radius 2 is 1.83 bits per heavy atom. The van der Waals surface area contributed by atoms with E-state index in [-0.39, 0.29) is 0 Å². The molecule has 0 saturated carbocycles. The number of rotatable bonds is 7. The molecule has 0 radical (unpaired) electrons. The van der Waals surface area contributed by atoms with Gasteiger partial charge in [0.15, 0.2) is 0 Å². The van der Waals surface area contributed by atoms with Crippen LogP contribution < -0.4 is 10.6 Å². The van der Waals surface area contributed by atoms with Crippen LogP contribution in [0.5, 0.6) is 0 Å². The largest absolute Gasteiger partial charge is 0.314 e. The van der Waals surface area contributed by atoms with Gasteiger partial charge in [-0.15, -0.1) is 5.73 Å². The van der Waals surface area contributed by atoms with Crippen molar-refractivity contribution in [3.8, 4) is 0 Å². The number of nitrogens with one attached hydrogen (secondary N) is 2. The van der Waals surface area contributed by atoms with Gasteiger partial charge in [0, 0.05) is 19.6 Å². The molecule has 0 rings (SSSR count). The second-order valence-corrected chi connectivity index (χ2v) is 2.35. The highest BCUT2D eigenvalue weighted by Crippen LogP contribution is 1.69. The quantitative estimate of drug-likeness (QED) is 0.336. The van der Waals surface area contributed by atoms with Gasteiger partial charge in [0.05, 0.1) is 0 Å². The first-order chi connectivity index (χ1) is 5.91. The van der Waals surface area contributed by atoms with Gasteiger partial charge in [-0.25, -0.2) is 0 Å². The summed E-state index contributed by atoms with van der Waals surface area (Å²) in [6, 6.07) is 0. The fraction of sp³-hybridized carbons (Fsp3) is 0.500. The molecule has 0 fully saturated rings. The fourth-order valence-corrected chi connectivity index (χ4v) is 0.705. The Bertz CT molecular complexity index is 155. The van der Waals surface area contributed by atoms with Crippen molar-refractivity contribution < 1.29 is 0 Å². The van der Waals surface area contributed by atoms with E-state index in [1.807, 2.05) is 6.08 Å². The third-order valence-corrected chi connectivity index (χ3v) is 1.33. The van der Waals surface area contributed by atoms with Gasteiger partial charge < -0.3 is 10.6 Å². The Morgan fingerprint density at radius 1 is 1.17 bits per heavy atom. The van der Waals surface area contributed by atoms with Crippen molar-refractivity contribution in [1.82, 2.24) is 10.6 Å². The maximum atomic E-state index is 3.47. The Morgan fingerprint density at radius 3 is 2.42 bits per heavy atom. The van der Waals surface area contributed by atoms with Crippen LogP contribution in [0, 0.1) is 0 Å². The van der Waals surface area contributed by atoms with Crippen molar-refractivity contribution in [1.29, 1.82) is 0 Å². The zero-order valence-electron chi connectivity index (χ0n) is 7.77. The lowest BCUT2D eigenvalue weighted by Crippen LogP contribution is -2.15. The van der Waals surface area contributed by atoms with E-state index in [1.165, 1.54) is 0 Å². The number of hydrogen-bond acceptors (Lipinski definition) is 2. The van der Waals surface area contributed by atoms with E-state index in [9.17, 15) is 0 Å². The summed E-state index contributed by atoms with van der Waals surface area (Å²) in [7, 11) is 0. The molecule has 12 heavy (non-hydrogen) atoms. The summed E-state index contributed by atoms with van der Waals surface area (Å²) in [6.07, 6.45) is 6.10. The molecule has 2 nitrogen and oxygen atoms in total. The van der Waals surface area contributed by atoms with Crippen molar-refractivity contribution in [3.63, 3.8) is 0 Å². The summed E-state index contributed by atoms with van der Waals surface area (Å²) in [5, 5.41) is 6.40. The number of hydrogen-bond donors (Lipinski definition) is 2. The molecule has 0 aliphatic heterocycles. The second kappa shape index (κ2) is 10.2. The predicted molar refractivity (Wildman–Crippen MR) is 54.3 cm³/mol. The van der Waals surface area contributed by atoms with Gasteiger partial charge in [0.1, 0.15) is 0 Å². The van der Waals surface area contributed by atoms with Gasteiger partial charge in [-0.2, -0.15) is 0 Å². The van der Waals surface area contributed by atoms with Crippen LogP contribution in [0.4, 0.5) is 0 Å². The minimum atomic E-state index is 0.842. The first-order valence-corrected chi connectivity index (χ1v) is 4.32. The summed E-state index contributed by atoms with van der Waals surface area (Å²) >= 11 is 0. The van der Waals surface area contributed by atoms with Gasteiger partial charge in [-0.3, -0.25) is 0 Å². The van der Waals surface area contributed by atoms with E-state index in [1.54, 1.807) is 0 Å². The van der Waals surface area contributed by atoms with E-state index in [0.29, 0.717) is 0 Å². The molecule has 0 amide bonds. The summed E-state index contributed by atoms with van der Waals surface area (Å²) < 4.78 is 0. The van der Waals surface area contributed by atoms with Crippen LogP contribution in [0.2, 0.25) is 0 Å². The fourth-order valence-electron chi connectivity index (χ4n) is 0.705. The molecule has 0 aliphatic carbocycles. The van der Waals surface area contributed by atoms with E-state index in [0.717, 1.165) is 26.2 Å². The topological polar surface area (TPSA) is 24.1 Å². The molecule has 0 bridgehead atoms. The molecule has 0 heterocycles. The maximum Gasteiger partial charge on any atom is 0.0212 e. The van der Waals surface area contributed by atoms with E-state index < -0.39 is 0 Å². The molecule has 0 saturated heterocycles. The smallest absolute Gasteiger partial charge is 0.0212 e. The first-order valence-electron chi connectivity index (χ1n) is 4.32. The zero-order valence-corrected chi connectivity index (χ0v) is 7.77. The molecule has 0 aromatic carbocycles. The van der Waals surface area contributed by atoms with Crippen LogP contribution in [-0.4, -0.2) is 26.2 Å². The summed E-state index contributed by atoms with van der Waals surface area (Å²) in [5.41, 5.74) is 2.70. The Kier molecular flexibility index (Phi) is 9.48. The van der Waals surface area contributed by atoms with E-state index in [4.69, 9.17) is 0 Å². The monoisotopic (exact) mass is 166 g/mol. The summed E-state index contributed by atoms with van der Waals surface area (Å²) in [6.45, 7) is 9.30. The molecule has 2 N–H and O–H groups in total. The lowest BCUT2D eigenvalue weighted by atomic mass is 10.4. The number of likely N-dealkylation sites (N-methyl/N-ethyl adjacent to an activating group) is 1. The third-order valence-electron chi connectivity index (χ3n) is 1.33. The lowest BCUT2D eigenvalue weighted by molar-refractivity contribution is 0.791. The Hall–Kier alpha value is -0.820. The molecule has 68 valence electrons. The average Bonchev–Trinajstić information content (AvgIpc) is 2.10. The molecule has 0 aromatic heterocycles. The molecular weight excluding hydrogens is 148 g/mol. The standard InChI is InChI=1S/C10H18N2/c1-3-5-8-12-10-7-6-9-11-4-2/h5-7,11-12H,1,4,8-10H2,2H3/b7-6+. The van der Waals surface area contributed by atoms with Crippen LogP contribution in [0.25, 0.3) is 0 Å². The van der Waals surface area contributed by atoms with Gasteiger partial charge in [0.2, 0.25) is 0 Å². The minimum absolute atomic E-state index is 0.842. The zero-order chi connectivity index (χ0) is 9.07. The van der Waals surface area contributed by atoms with Crippen molar-refractivity contribution in [2.75, 3.05) is 26.2 Å². The predicted octanol–water partition coefficient (Wildman–Crippen LogP) is 1.08. The lowest BCUT2D eigenvalue weighted by Gasteiger charge is -1.95. The molecule has 0 unspecified atom stereocenters. The average molecular weight is 166 g/mol.